The van der Waals surface area contributed by atoms with Gasteiger partial charge in [0.15, 0.2) is 0 Å². The van der Waals surface area contributed by atoms with Crippen molar-refractivity contribution in [1.82, 2.24) is 9.97 Å². The Balaban J connectivity index is 2.63. The zero-order chi connectivity index (χ0) is 12.4. The normalized spacial score (nSPS) is 10.5. The number of H-pyrrole nitrogens is 1. The Morgan fingerprint density at radius 3 is 2.53 bits per heavy atom. The minimum Gasteiger partial charge on any atom is -0.343 e. The average molecular weight is 244 g/mol. The standard InChI is InChI=1S/C14H16N2S/c1-4-11-10(3)15-13(16-14(11)17)12-8-6-5-7-9(12)2/h5-8H,4H2,1-3H3,(H,15,16,17). The third-order valence-corrected chi connectivity index (χ3v) is 3.32. The molecule has 0 fully saturated rings. The molecule has 17 heavy (non-hydrogen) atoms. The van der Waals surface area contributed by atoms with Crippen LogP contribution in [-0.2, 0) is 6.42 Å². The molecule has 1 N–H and O–H groups in total. The SMILES string of the molecule is CCc1c(C)[nH]c(-c2ccccc2C)nc1=S. The van der Waals surface area contributed by atoms with Crippen molar-refractivity contribution in [2.45, 2.75) is 27.2 Å². The molecule has 0 atom stereocenters. The van der Waals surface area contributed by atoms with Gasteiger partial charge in [-0.05, 0) is 25.8 Å². The monoisotopic (exact) mass is 244 g/mol. The second kappa shape index (κ2) is 4.80. The number of hydrogen-bond acceptors (Lipinski definition) is 2. The Kier molecular flexibility index (Phi) is 3.38. The van der Waals surface area contributed by atoms with Crippen molar-refractivity contribution in [2.24, 2.45) is 0 Å². The van der Waals surface area contributed by atoms with Gasteiger partial charge >= 0.3 is 0 Å². The molecular weight excluding hydrogens is 228 g/mol. The number of rotatable bonds is 2. The van der Waals surface area contributed by atoms with E-state index in [2.05, 4.69) is 42.9 Å². The van der Waals surface area contributed by atoms with Crippen LogP contribution in [0.1, 0.15) is 23.7 Å². The van der Waals surface area contributed by atoms with Crippen molar-refractivity contribution in [3.05, 3.63) is 45.7 Å². The molecule has 0 unspecified atom stereocenters. The van der Waals surface area contributed by atoms with Crippen LogP contribution >= 0.6 is 12.2 Å². The molecule has 1 aromatic carbocycles. The van der Waals surface area contributed by atoms with E-state index in [9.17, 15) is 0 Å². The molecule has 88 valence electrons. The maximum Gasteiger partial charge on any atom is 0.139 e. The third kappa shape index (κ3) is 2.29. The summed E-state index contributed by atoms with van der Waals surface area (Å²) in [6, 6.07) is 8.19. The van der Waals surface area contributed by atoms with E-state index in [0.29, 0.717) is 4.64 Å². The number of nitrogens with one attached hydrogen (secondary N) is 1. The first-order valence-corrected chi connectivity index (χ1v) is 6.20. The minimum absolute atomic E-state index is 0.710. The van der Waals surface area contributed by atoms with Gasteiger partial charge in [-0.25, -0.2) is 4.98 Å². The van der Waals surface area contributed by atoms with Crippen molar-refractivity contribution < 1.29 is 0 Å². The zero-order valence-electron chi connectivity index (χ0n) is 10.4. The Labute approximate surface area is 107 Å². The highest BCUT2D eigenvalue weighted by Gasteiger charge is 2.07. The summed E-state index contributed by atoms with van der Waals surface area (Å²) in [5, 5.41) is 0. The summed E-state index contributed by atoms with van der Waals surface area (Å²) in [7, 11) is 0. The lowest BCUT2D eigenvalue weighted by Gasteiger charge is -2.09. The lowest BCUT2D eigenvalue weighted by molar-refractivity contribution is 0.988. The summed E-state index contributed by atoms with van der Waals surface area (Å²) < 4.78 is 0.710. The van der Waals surface area contributed by atoms with Crippen molar-refractivity contribution in [2.75, 3.05) is 0 Å². The molecular formula is C14H16N2S. The van der Waals surface area contributed by atoms with Gasteiger partial charge in [0.1, 0.15) is 10.5 Å². The quantitative estimate of drug-likeness (QED) is 0.809. The summed E-state index contributed by atoms with van der Waals surface area (Å²) in [6.07, 6.45) is 0.919. The molecule has 0 amide bonds. The maximum atomic E-state index is 5.34. The molecule has 0 spiro atoms. The highest BCUT2D eigenvalue weighted by Crippen LogP contribution is 2.20. The van der Waals surface area contributed by atoms with E-state index < -0.39 is 0 Å². The van der Waals surface area contributed by atoms with Gasteiger partial charge in [0.05, 0.1) is 0 Å². The predicted molar refractivity (Wildman–Crippen MR) is 73.7 cm³/mol. The second-order valence-corrected chi connectivity index (χ2v) is 4.55. The van der Waals surface area contributed by atoms with Crippen molar-refractivity contribution in [3.8, 4) is 11.4 Å². The summed E-state index contributed by atoms with van der Waals surface area (Å²) >= 11 is 5.34. The molecule has 0 aliphatic carbocycles. The Hall–Kier alpha value is -1.48. The molecule has 0 bridgehead atoms. The van der Waals surface area contributed by atoms with Crippen LogP contribution in [0.2, 0.25) is 0 Å². The Morgan fingerprint density at radius 1 is 1.24 bits per heavy atom. The van der Waals surface area contributed by atoms with Gasteiger partial charge < -0.3 is 4.98 Å². The topological polar surface area (TPSA) is 28.7 Å². The lowest BCUT2D eigenvalue weighted by atomic mass is 10.1. The van der Waals surface area contributed by atoms with Gasteiger partial charge in [-0.2, -0.15) is 0 Å². The third-order valence-electron chi connectivity index (χ3n) is 2.98. The van der Waals surface area contributed by atoms with Crippen molar-refractivity contribution >= 4 is 12.2 Å². The summed E-state index contributed by atoms with van der Waals surface area (Å²) in [5.41, 5.74) is 4.57. The van der Waals surface area contributed by atoms with Gasteiger partial charge in [0.2, 0.25) is 0 Å². The molecule has 2 nitrogen and oxygen atoms in total. The summed E-state index contributed by atoms with van der Waals surface area (Å²) in [4.78, 5) is 7.84. The van der Waals surface area contributed by atoms with Crippen molar-refractivity contribution in [3.63, 3.8) is 0 Å². The Bertz CT molecular complexity index is 599. The fourth-order valence-corrected chi connectivity index (χ4v) is 2.38. The molecule has 2 rings (SSSR count). The first kappa shape index (κ1) is 12.0. The molecule has 2 aromatic rings. The number of hydrogen-bond donors (Lipinski definition) is 1. The van der Waals surface area contributed by atoms with Crippen LogP contribution in [0.3, 0.4) is 0 Å². The average Bonchev–Trinajstić information content (AvgIpc) is 2.29. The van der Waals surface area contributed by atoms with E-state index in [1.54, 1.807) is 0 Å². The lowest BCUT2D eigenvalue weighted by Crippen LogP contribution is -1.99. The number of benzene rings is 1. The van der Waals surface area contributed by atoms with Crippen LogP contribution in [-0.4, -0.2) is 9.97 Å². The van der Waals surface area contributed by atoms with Crippen LogP contribution in [0.4, 0.5) is 0 Å². The maximum absolute atomic E-state index is 5.34. The fraction of sp³-hybridized carbons (Fsp3) is 0.286. The zero-order valence-corrected chi connectivity index (χ0v) is 11.2. The van der Waals surface area contributed by atoms with E-state index in [-0.39, 0.29) is 0 Å². The smallest absolute Gasteiger partial charge is 0.139 e. The van der Waals surface area contributed by atoms with E-state index in [0.717, 1.165) is 29.1 Å². The van der Waals surface area contributed by atoms with Crippen LogP contribution in [0.25, 0.3) is 11.4 Å². The first-order valence-electron chi connectivity index (χ1n) is 5.79. The van der Waals surface area contributed by atoms with E-state index in [1.165, 1.54) is 5.56 Å². The highest BCUT2D eigenvalue weighted by molar-refractivity contribution is 7.71. The highest BCUT2D eigenvalue weighted by atomic mass is 32.1. The van der Waals surface area contributed by atoms with E-state index >= 15 is 0 Å². The van der Waals surface area contributed by atoms with Crippen LogP contribution in [0.5, 0.6) is 0 Å². The van der Waals surface area contributed by atoms with Crippen LogP contribution < -0.4 is 0 Å². The summed E-state index contributed by atoms with van der Waals surface area (Å²) in [6.45, 7) is 6.23. The molecule has 0 saturated carbocycles. The molecule has 3 heteroatoms. The van der Waals surface area contributed by atoms with Gasteiger partial charge in [-0.1, -0.05) is 43.4 Å². The fourth-order valence-electron chi connectivity index (χ4n) is 1.99. The molecule has 0 radical (unpaired) electrons. The number of nitrogens with zero attached hydrogens (tertiary/aromatic N) is 1. The summed E-state index contributed by atoms with van der Waals surface area (Å²) in [5.74, 6) is 0.864. The molecule has 0 aliphatic heterocycles. The predicted octanol–water partition coefficient (Wildman–Crippen LogP) is 3.99. The minimum atomic E-state index is 0.710. The number of aromatic amines is 1. The van der Waals surface area contributed by atoms with Crippen LogP contribution in [0.15, 0.2) is 24.3 Å². The molecule has 1 heterocycles. The largest absolute Gasteiger partial charge is 0.343 e. The van der Waals surface area contributed by atoms with E-state index in [4.69, 9.17) is 12.2 Å². The van der Waals surface area contributed by atoms with Gasteiger partial charge in [-0.15, -0.1) is 0 Å². The van der Waals surface area contributed by atoms with Crippen molar-refractivity contribution in [1.29, 1.82) is 0 Å². The second-order valence-electron chi connectivity index (χ2n) is 4.16. The van der Waals surface area contributed by atoms with Gasteiger partial charge in [0, 0.05) is 16.8 Å². The Morgan fingerprint density at radius 2 is 1.94 bits per heavy atom. The number of aryl methyl sites for hydroxylation is 2. The van der Waals surface area contributed by atoms with E-state index in [1.807, 2.05) is 12.1 Å². The first-order chi connectivity index (χ1) is 8.13. The van der Waals surface area contributed by atoms with Gasteiger partial charge in [-0.3, -0.25) is 0 Å². The van der Waals surface area contributed by atoms with Gasteiger partial charge in [0.25, 0.3) is 0 Å². The molecule has 0 saturated heterocycles. The number of aromatic nitrogens is 2. The molecule has 1 aromatic heterocycles. The van der Waals surface area contributed by atoms with Crippen LogP contribution in [0, 0.1) is 18.5 Å². The molecule has 0 aliphatic rings.